The van der Waals surface area contributed by atoms with Gasteiger partial charge in [0.1, 0.15) is 17.3 Å². The summed E-state index contributed by atoms with van der Waals surface area (Å²) in [7, 11) is 3.18. The Hall–Kier alpha value is -2.64. The average molecular weight is 401 g/mol. The normalized spacial score (nSPS) is 15.2. The number of halogens is 1. The van der Waals surface area contributed by atoms with Crippen LogP contribution in [0.15, 0.2) is 36.4 Å². The monoisotopic (exact) mass is 401 g/mol. The number of amides is 1. The highest BCUT2D eigenvalue weighted by molar-refractivity contribution is 5.93. The first-order chi connectivity index (χ1) is 14.0. The molecule has 1 saturated heterocycles. The number of carbonyl (C=O) groups is 1. The second kappa shape index (κ2) is 9.71. The Kier molecular flexibility index (Phi) is 7.06. The summed E-state index contributed by atoms with van der Waals surface area (Å²) >= 11 is 0. The molecule has 0 spiro atoms. The maximum atomic E-state index is 13.6. The number of piperazine rings is 1. The fourth-order valence-corrected chi connectivity index (χ4v) is 3.53. The highest BCUT2D eigenvalue weighted by Gasteiger charge is 2.20. The van der Waals surface area contributed by atoms with Crippen molar-refractivity contribution in [3.8, 4) is 11.5 Å². The highest BCUT2D eigenvalue weighted by atomic mass is 19.1. The number of hydrogen-bond acceptors (Lipinski definition) is 5. The van der Waals surface area contributed by atoms with Gasteiger partial charge in [0.2, 0.25) is 5.91 Å². The van der Waals surface area contributed by atoms with Gasteiger partial charge in [0, 0.05) is 38.3 Å². The summed E-state index contributed by atoms with van der Waals surface area (Å²) < 4.78 is 24.2. The van der Waals surface area contributed by atoms with Crippen molar-refractivity contribution < 1.29 is 18.7 Å². The molecule has 29 heavy (non-hydrogen) atoms. The maximum absolute atomic E-state index is 13.6. The van der Waals surface area contributed by atoms with Crippen LogP contribution in [0.25, 0.3) is 0 Å². The summed E-state index contributed by atoms with van der Waals surface area (Å²) in [6.07, 6.45) is 0. The van der Waals surface area contributed by atoms with Crippen LogP contribution >= 0.6 is 0 Å². The van der Waals surface area contributed by atoms with Gasteiger partial charge in [-0.1, -0.05) is 6.07 Å². The zero-order valence-electron chi connectivity index (χ0n) is 17.2. The van der Waals surface area contributed by atoms with E-state index in [1.807, 2.05) is 25.1 Å². The van der Waals surface area contributed by atoms with Crippen LogP contribution < -0.4 is 14.8 Å². The van der Waals surface area contributed by atoms with Crippen LogP contribution in [0.3, 0.4) is 0 Å². The molecule has 7 heteroatoms. The van der Waals surface area contributed by atoms with Crippen molar-refractivity contribution in [2.24, 2.45) is 0 Å². The van der Waals surface area contributed by atoms with Crippen molar-refractivity contribution in [3.05, 3.63) is 53.3 Å². The zero-order chi connectivity index (χ0) is 20.8. The number of carbonyl (C=O) groups excluding carboxylic acids is 1. The summed E-state index contributed by atoms with van der Waals surface area (Å²) in [6, 6.07) is 10.3. The third-order valence-corrected chi connectivity index (χ3v) is 5.10. The summed E-state index contributed by atoms with van der Waals surface area (Å²) in [4.78, 5) is 16.8. The Morgan fingerprint density at radius 2 is 1.66 bits per heavy atom. The van der Waals surface area contributed by atoms with Crippen molar-refractivity contribution in [3.63, 3.8) is 0 Å². The van der Waals surface area contributed by atoms with Gasteiger partial charge in [-0.3, -0.25) is 14.6 Å². The van der Waals surface area contributed by atoms with Gasteiger partial charge >= 0.3 is 0 Å². The first-order valence-electron chi connectivity index (χ1n) is 9.70. The quantitative estimate of drug-likeness (QED) is 0.773. The molecule has 1 heterocycles. The molecule has 1 fully saturated rings. The number of benzene rings is 2. The molecule has 0 unspecified atom stereocenters. The standard InChI is InChI=1S/C22H28FN3O3/c1-16-4-6-21(29-3)19(12-16)24-22(27)15-26-10-8-25(9-11-26)14-17-13-18(23)5-7-20(17)28-2/h4-7,12-13H,8-11,14-15H2,1-3H3,(H,24,27). The average Bonchev–Trinajstić information content (AvgIpc) is 2.70. The van der Waals surface area contributed by atoms with E-state index < -0.39 is 0 Å². The van der Waals surface area contributed by atoms with Crippen molar-refractivity contribution in [2.75, 3.05) is 52.3 Å². The molecule has 2 aromatic carbocycles. The van der Waals surface area contributed by atoms with Crippen LogP contribution in [0.2, 0.25) is 0 Å². The van der Waals surface area contributed by atoms with E-state index in [1.54, 1.807) is 20.3 Å². The molecule has 1 amide bonds. The Bertz CT molecular complexity index is 851. The number of ether oxygens (including phenoxy) is 2. The minimum Gasteiger partial charge on any atom is -0.496 e. The smallest absolute Gasteiger partial charge is 0.238 e. The number of aryl methyl sites for hydroxylation is 1. The van der Waals surface area contributed by atoms with Crippen LogP contribution in [0.4, 0.5) is 10.1 Å². The first-order valence-corrected chi connectivity index (χ1v) is 9.70. The number of anilines is 1. The van der Waals surface area contributed by atoms with Gasteiger partial charge in [0.05, 0.1) is 26.5 Å². The number of hydrogen-bond donors (Lipinski definition) is 1. The molecule has 0 aromatic heterocycles. The summed E-state index contributed by atoms with van der Waals surface area (Å²) in [5.41, 5.74) is 2.59. The molecule has 0 atom stereocenters. The molecular weight excluding hydrogens is 373 g/mol. The Morgan fingerprint density at radius 3 is 2.34 bits per heavy atom. The van der Waals surface area contributed by atoms with Gasteiger partial charge in [-0.2, -0.15) is 0 Å². The van der Waals surface area contributed by atoms with Crippen LogP contribution in [0.1, 0.15) is 11.1 Å². The van der Waals surface area contributed by atoms with Crippen LogP contribution in [0, 0.1) is 12.7 Å². The number of rotatable bonds is 7. The fraction of sp³-hybridized carbons (Fsp3) is 0.409. The Labute approximate surface area is 171 Å². The van der Waals surface area contributed by atoms with E-state index in [0.29, 0.717) is 30.3 Å². The molecule has 0 bridgehead atoms. The first kappa shape index (κ1) is 21.1. The lowest BCUT2D eigenvalue weighted by atomic mass is 10.1. The molecule has 0 aliphatic carbocycles. The van der Waals surface area contributed by atoms with Crippen LogP contribution in [-0.2, 0) is 11.3 Å². The van der Waals surface area contributed by atoms with Gasteiger partial charge in [-0.25, -0.2) is 4.39 Å². The van der Waals surface area contributed by atoms with Crippen LogP contribution in [-0.4, -0.2) is 62.7 Å². The van der Waals surface area contributed by atoms with Gasteiger partial charge in [0.15, 0.2) is 0 Å². The molecule has 1 aliphatic rings. The Morgan fingerprint density at radius 1 is 1.00 bits per heavy atom. The molecule has 0 radical (unpaired) electrons. The lowest BCUT2D eigenvalue weighted by molar-refractivity contribution is -0.117. The largest absolute Gasteiger partial charge is 0.496 e. The van der Waals surface area contributed by atoms with E-state index in [9.17, 15) is 9.18 Å². The second-order valence-corrected chi connectivity index (χ2v) is 7.26. The number of methoxy groups -OCH3 is 2. The van der Waals surface area contributed by atoms with Crippen molar-refractivity contribution in [2.45, 2.75) is 13.5 Å². The Balaban J connectivity index is 1.50. The summed E-state index contributed by atoms with van der Waals surface area (Å²) in [6.45, 7) is 6.09. The fourth-order valence-electron chi connectivity index (χ4n) is 3.53. The number of nitrogens with one attached hydrogen (secondary N) is 1. The molecule has 3 rings (SSSR count). The highest BCUT2D eigenvalue weighted by Crippen LogP contribution is 2.25. The second-order valence-electron chi connectivity index (χ2n) is 7.26. The third kappa shape index (κ3) is 5.68. The van der Waals surface area contributed by atoms with Crippen molar-refractivity contribution in [1.29, 1.82) is 0 Å². The van der Waals surface area contributed by atoms with E-state index in [-0.39, 0.29) is 11.7 Å². The van der Waals surface area contributed by atoms with Gasteiger partial charge in [-0.15, -0.1) is 0 Å². The summed E-state index contributed by atoms with van der Waals surface area (Å²) in [5, 5.41) is 2.94. The molecule has 0 saturated carbocycles. The molecule has 1 aliphatic heterocycles. The molecule has 6 nitrogen and oxygen atoms in total. The van der Waals surface area contributed by atoms with Gasteiger partial charge in [-0.05, 0) is 42.8 Å². The molecular formula is C22H28FN3O3. The van der Waals surface area contributed by atoms with Crippen molar-refractivity contribution >= 4 is 11.6 Å². The SMILES string of the molecule is COc1ccc(F)cc1CN1CCN(CC(=O)Nc2cc(C)ccc2OC)CC1. The van der Waals surface area contributed by atoms with E-state index in [2.05, 4.69) is 15.1 Å². The number of nitrogens with zero attached hydrogens (tertiary/aromatic N) is 2. The van der Waals surface area contributed by atoms with Crippen molar-refractivity contribution in [1.82, 2.24) is 9.80 Å². The maximum Gasteiger partial charge on any atom is 0.238 e. The molecule has 1 N–H and O–H groups in total. The molecule has 156 valence electrons. The minimum atomic E-state index is -0.261. The topological polar surface area (TPSA) is 54.0 Å². The van der Waals surface area contributed by atoms with E-state index in [4.69, 9.17) is 9.47 Å². The van der Waals surface area contributed by atoms with Gasteiger partial charge < -0.3 is 14.8 Å². The van der Waals surface area contributed by atoms with Crippen LogP contribution in [0.5, 0.6) is 11.5 Å². The lowest BCUT2D eigenvalue weighted by Gasteiger charge is -2.34. The third-order valence-electron chi connectivity index (χ3n) is 5.10. The van der Waals surface area contributed by atoms with E-state index in [0.717, 1.165) is 37.3 Å². The van der Waals surface area contributed by atoms with E-state index in [1.165, 1.54) is 12.1 Å². The van der Waals surface area contributed by atoms with Gasteiger partial charge in [0.25, 0.3) is 0 Å². The lowest BCUT2D eigenvalue weighted by Crippen LogP contribution is -2.48. The van der Waals surface area contributed by atoms with E-state index >= 15 is 0 Å². The summed E-state index contributed by atoms with van der Waals surface area (Å²) in [5.74, 6) is 1.02. The minimum absolute atomic E-state index is 0.0610. The predicted octanol–water partition coefficient (Wildman–Crippen LogP) is 2.91. The predicted molar refractivity (Wildman–Crippen MR) is 111 cm³/mol. The zero-order valence-corrected chi connectivity index (χ0v) is 17.2. The molecule has 2 aromatic rings.